The minimum atomic E-state index is -4.53. The van der Waals surface area contributed by atoms with Crippen molar-refractivity contribution < 1.29 is 22.6 Å². The normalized spacial score (nSPS) is 13.3. The molecule has 9 nitrogen and oxygen atoms in total. The van der Waals surface area contributed by atoms with Gasteiger partial charge in [-0.3, -0.25) is 0 Å². The highest BCUT2D eigenvalue weighted by atomic mass is 19.4. The predicted octanol–water partition coefficient (Wildman–Crippen LogP) is 2.07. The van der Waals surface area contributed by atoms with E-state index in [0.717, 1.165) is 4.52 Å². The highest BCUT2D eigenvalue weighted by Crippen LogP contribution is 2.30. The second kappa shape index (κ2) is 6.78. The SMILES string of the molecule is CCOC(C)n1cc(-c2ncc3nc(N)nn3c2OCC(F)(F)F)cn1. The molecule has 0 bridgehead atoms. The van der Waals surface area contributed by atoms with Crippen molar-refractivity contribution in [2.75, 3.05) is 18.9 Å². The monoisotopic (exact) mass is 371 g/mol. The molecule has 0 aromatic carbocycles. The molecule has 1 unspecified atom stereocenters. The average Bonchev–Trinajstić information content (AvgIpc) is 3.17. The molecule has 0 aliphatic carbocycles. The van der Waals surface area contributed by atoms with E-state index in [9.17, 15) is 13.2 Å². The van der Waals surface area contributed by atoms with E-state index in [1.807, 2.05) is 6.92 Å². The average molecular weight is 371 g/mol. The quantitative estimate of drug-likeness (QED) is 0.707. The van der Waals surface area contributed by atoms with Gasteiger partial charge in [-0.05, 0) is 13.8 Å². The Hall–Kier alpha value is -2.89. The van der Waals surface area contributed by atoms with Crippen molar-refractivity contribution in [1.29, 1.82) is 0 Å². The number of anilines is 1. The number of alkyl halides is 3. The first-order chi connectivity index (χ1) is 12.3. The van der Waals surface area contributed by atoms with Gasteiger partial charge in [0.2, 0.25) is 11.8 Å². The fourth-order valence-corrected chi connectivity index (χ4v) is 2.31. The fraction of sp³-hybridized carbons (Fsp3) is 0.429. The molecule has 3 rings (SSSR count). The fourth-order valence-electron chi connectivity index (χ4n) is 2.31. The minimum absolute atomic E-state index is 0.110. The van der Waals surface area contributed by atoms with Gasteiger partial charge >= 0.3 is 6.18 Å². The van der Waals surface area contributed by atoms with Crippen LogP contribution in [0.2, 0.25) is 0 Å². The van der Waals surface area contributed by atoms with Crippen LogP contribution in [0.5, 0.6) is 5.88 Å². The third kappa shape index (κ3) is 3.69. The maximum Gasteiger partial charge on any atom is 0.422 e. The number of nitrogens with two attached hydrogens (primary N) is 1. The third-order valence-electron chi connectivity index (χ3n) is 3.38. The van der Waals surface area contributed by atoms with Crippen LogP contribution in [-0.2, 0) is 4.74 Å². The molecule has 3 heterocycles. The van der Waals surface area contributed by atoms with Crippen LogP contribution in [0.15, 0.2) is 18.6 Å². The van der Waals surface area contributed by atoms with Crippen LogP contribution in [0.1, 0.15) is 20.1 Å². The second-order valence-corrected chi connectivity index (χ2v) is 5.32. The van der Waals surface area contributed by atoms with E-state index in [-0.39, 0.29) is 29.4 Å². The lowest BCUT2D eigenvalue weighted by Gasteiger charge is -2.13. The summed E-state index contributed by atoms with van der Waals surface area (Å²) in [5.74, 6) is -0.339. The van der Waals surface area contributed by atoms with E-state index in [2.05, 4.69) is 20.2 Å². The van der Waals surface area contributed by atoms with Gasteiger partial charge in [-0.25, -0.2) is 9.67 Å². The molecule has 0 aliphatic rings. The number of halogens is 3. The summed E-state index contributed by atoms with van der Waals surface area (Å²) in [5.41, 5.74) is 6.25. The molecule has 0 saturated carbocycles. The van der Waals surface area contributed by atoms with Gasteiger partial charge in [0, 0.05) is 18.4 Å². The molecule has 140 valence electrons. The standard InChI is InChI=1S/C14H16F3N7O2/c1-3-25-8(2)23-6-9(4-20-23)11-12(26-7-14(15,16)17)24-10(5-19-11)21-13(18)22-24/h4-6,8H,3,7H2,1-2H3,(H2,18,22). The molecule has 0 fully saturated rings. The van der Waals surface area contributed by atoms with Crippen molar-refractivity contribution in [3.05, 3.63) is 18.6 Å². The zero-order valence-electron chi connectivity index (χ0n) is 13.9. The summed E-state index contributed by atoms with van der Waals surface area (Å²) in [5, 5.41) is 8.02. The molecule has 3 aromatic heterocycles. The largest absolute Gasteiger partial charge is 0.466 e. The lowest BCUT2D eigenvalue weighted by Crippen LogP contribution is -2.21. The molecule has 0 amide bonds. The van der Waals surface area contributed by atoms with Crippen molar-refractivity contribution in [3.63, 3.8) is 0 Å². The zero-order valence-corrected chi connectivity index (χ0v) is 13.9. The molecule has 1 atom stereocenters. The highest BCUT2D eigenvalue weighted by Gasteiger charge is 2.30. The Morgan fingerprint density at radius 1 is 1.31 bits per heavy atom. The second-order valence-electron chi connectivity index (χ2n) is 5.32. The summed E-state index contributed by atoms with van der Waals surface area (Å²) in [6.45, 7) is 2.60. The number of nitrogens with zero attached hydrogens (tertiary/aromatic N) is 6. The maximum absolute atomic E-state index is 12.6. The molecule has 3 aromatic rings. The Balaban J connectivity index is 2.04. The molecule has 12 heteroatoms. The summed E-state index contributed by atoms with van der Waals surface area (Å²) in [6, 6.07) is 0. The zero-order chi connectivity index (χ0) is 18.9. The number of fused-ring (bicyclic) bond motifs is 1. The summed E-state index contributed by atoms with van der Waals surface area (Å²) in [6.07, 6.45) is -0.500. The van der Waals surface area contributed by atoms with Crippen LogP contribution < -0.4 is 10.5 Å². The smallest absolute Gasteiger partial charge is 0.422 e. The number of aromatic nitrogens is 6. The summed E-state index contributed by atoms with van der Waals surface area (Å²) < 4.78 is 50.9. The summed E-state index contributed by atoms with van der Waals surface area (Å²) >= 11 is 0. The number of rotatable bonds is 6. The van der Waals surface area contributed by atoms with Gasteiger partial charge in [-0.15, -0.1) is 5.10 Å². The predicted molar refractivity (Wildman–Crippen MR) is 84.3 cm³/mol. The molecule has 0 radical (unpaired) electrons. The number of hydrogen-bond acceptors (Lipinski definition) is 7. The van der Waals surface area contributed by atoms with Gasteiger partial charge in [-0.1, -0.05) is 0 Å². The van der Waals surface area contributed by atoms with E-state index in [0.29, 0.717) is 12.2 Å². The van der Waals surface area contributed by atoms with Gasteiger partial charge in [0.15, 0.2) is 12.3 Å². The molecule has 0 saturated heterocycles. The van der Waals surface area contributed by atoms with Gasteiger partial charge in [0.05, 0.1) is 12.4 Å². The van der Waals surface area contributed by atoms with Crippen LogP contribution in [0.3, 0.4) is 0 Å². The van der Waals surface area contributed by atoms with Crippen LogP contribution in [0, 0.1) is 0 Å². The molecule has 0 spiro atoms. The maximum atomic E-state index is 12.6. The first-order valence-electron chi connectivity index (χ1n) is 7.65. The minimum Gasteiger partial charge on any atom is -0.466 e. The van der Waals surface area contributed by atoms with Crippen LogP contribution in [0.25, 0.3) is 16.9 Å². The number of ether oxygens (including phenoxy) is 2. The Morgan fingerprint density at radius 2 is 2.08 bits per heavy atom. The lowest BCUT2D eigenvalue weighted by atomic mass is 10.2. The molecule has 0 aliphatic heterocycles. The Labute approximate surface area is 145 Å². The molecular formula is C14H16F3N7O2. The highest BCUT2D eigenvalue weighted by molar-refractivity contribution is 5.65. The summed E-state index contributed by atoms with van der Waals surface area (Å²) in [4.78, 5) is 8.02. The Morgan fingerprint density at radius 3 is 2.77 bits per heavy atom. The van der Waals surface area contributed by atoms with Gasteiger partial charge in [0.25, 0.3) is 0 Å². The van der Waals surface area contributed by atoms with Crippen molar-refractivity contribution in [3.8, 4) is 17.1 Å². The van der Waals surface area contributed by atoms with Gasteiger partial charge in [0.1, 0.15) is 11.9 Å². The Bertz CT molecular complexity index is 906. The van der Waals surface area contributed by atoms with E-state index in [1.54, 1.807) is 13.1 Å². The van der Waals surface area contributed by atoms with Crippen molar-refractivity contribution in [1.82, 2.24) is 29.4 Å². The molecule has 2 N–H and O–H groups in total. The van der Waals surface area contributed by atoms with Crippen LogP contribution in [0.4, 0.5) is 19.1 Å². The lowest BCUT2D eigenvalue weighted by molar-refractivity contribution is -0.154. The van der Waals surface area contributed by atoms with Gasteiger partial charge < -0.3 is 15.2 Å². The van der Waals surface area contributed by atoms with Crippen molar-refractivity contribution in [2.24, 2.45) is 0 Å². The Kier molecular flexibility index (Phi) is 4.68. The van der Waals surface area contributed by atoms with Crippen LogP contribution >= 0.6 is 0 Å². The third-order valence-corrected chi connectivity index (χ3v) is 3.38. The first-order valence-corrected chi connectivity index (χ1v) is 7.65. The van der Waals surface area contributed by atoms with Crippen molar-refractivity contribution >= 4 is 11.6 Å². The van der Waals surface area contributed by atoms with Gasteiger partial charge in [-0.2, -0.15) is 27.8 Å². The van der Waals surface area contributed by atoms with Crippen molar-refractivity contribution in [2.45, 2.75) is 26.3 Å². The topological polar surface area (TPSA) is 105 Å². The van der Waals surface area contributed by atoms with E-state index in [1.165, 1.54) is 17.1 Å². The first kappa shape index (κ1) is 17.9. The summed E-state index contributed by atoms with van der Waals surface area (Å²) in [7, 11) is 0. The number of hydrogen-bond donors (Lipinski definition) is 1. The van der Waals surface area contributed by atoms with E-state index < -0.39 is 12.8 Å². The molecular weight excluding hydrogens is 355 g/mol. The molecule has 26 heavy (non-hydrogen) atoms. The van der Waals surface area contributed by atoms with E-state index >= 15 is 0 Å². The van der Waals surface area contributed by atoms with E-state index in [4.69, 9.17) is 15.2 Å². The van der Waals surface area contributed by atoms with Crippen LogP contribution in [-0.4, -0.2) is 48.8 Å². The number of nitrogen functional groups attached to an aromatic ring is 1.